The third-order valence-electron chi connectivity index (χ3n) is 4.08. The van der Waals surface area contributed by atoms with Crippen LogP contribution in [0.3, 0.4) is 0 Å². The number of nitrogens with one attached hydrogen (secondary N) is 1. The molecule has 0 saturated heterocycles. The lowest BCUT2D eigenvalue weighted by Gasteiger charge is -2.13. The van der Waals surface area contributed by atoms with Crippen LogP contribution < -0.4 is 16.5 Å². The predicted molar refractivity (Wildman–Crippen MR) is 94.4 cm³/mol. The minimum Gasteiger partial charge on any atom is -0.503 e. The summed E-state index contributed by atoms with van der Waals surface area (Å²) in [4.78, 5) is 11.7. The third kappa shape index (κ3) is 3.53. The summed E-state index contributed by atoms with van der Waals surface area (Å²) >= 11 is 0. The third-order valence-corrected chi connectivity index (χ3v) is 4.08. The number of nitrogen functional groups attached to an aromatic ring is 1. The highest BCUT2D eigenvalue weighted by molar-refractivity contribution is 5.44. The molecule has 0 bridgehead atoms. The second kappa shape index (κ2) is 6.78. The van der Waals surface area contributed by atoms with E-state index in [1.165, 1.54) is 6.07 Å². The summed E-state index contributed by atoms with van der Waals surface area (Å²) < 4.78 is 3.45. The fraction of sp³-hybridized carbons (Fsp3) is 0.235. The van der Waals surface area contributed by atoms with Crippen LogP contribution in [0.4, 0.5) is 5.69 Å². The second-order valence-electron chi connectivity index (χ2n) is 5.85. The number of rotatable bonds is 5. The Hall–Kier alpha value is -3.13. The Labute approximate surface area is 144 Å². The molecule has 25 heavy (non-hydrogen) atoms. The molecule has 3 aromatic rings. The molecule has 0 aliphatic rings. The summed E-state index contributed by atoms with van der Waals surface area (Å²) in [5, 5.41) is 21.3. The quantitative estimate of drug-likeness (QED) is 0.594. The highest BCUT2D eigenvalue weighted by Gasteiger charge is 2.11. The molecule has 0 aliphatic heterocycles. The van der Waals surface area contributed by atoms with E-state index < -0.39 is 0 Å². The van der Waals surface area contributed by atoms with Gasteiger partial charge in [-0.15, -0.1) is 5.10 Å². The number of nitrogens with zero attached hydrogens (tertiary/aromatic N) is 4. The van der Waals surface area contributed by atoms with E-state index >= 15 is 0 Å². The Morgan fingerprint density at radius 3 is 2.68 bits per heavy atom. The van der Waals surface area contributed by atoms with Gasteiger partial charge in [0.05, 0.1) is 23.3 Å². The summed E-state index contributed by atoms with van der Waals surface area (Å²) in [5.41, 5.74) is 8.93. The van der Waals surface area contributed by atoms with Crippen molar-refractivity contribution in [2.45, 2.75) is 20.0 Å². The molecule has 0 radical (unpaired) electrons. The molecule has 0 spiro atoms. The molecule has 0 amide bonds. The van der Waals surface area contributed by atoms with E-state index in [-0.39, 0.29) is 11.2 Å². The first-order chi connectivity index (χ1) is 12.0. The Bertz CT molecular complexity index is 943. The van der Waals surface area contributed by atoms with Crippen LogP contribution in [0.5, 0.6) is 5.75 Å². The lowest BCUT2D eigenvalue weighted by Crippen LogP contribution is -2.20. The van der Waals surface area contributed by atoms with Gasteiger partial charge in [-0.25, -0.2) is 4.68 Å². The Morgan fingerprint density at radius 1 is 1.24 bits per heavy atom. The topological polar surface area (TPSA) is 111 Å². The molecule has 3 rings (SSSR count). The number of aryl methyl sites for hydroxylation is 1. The van der Waals surface area contributed by atoms with Gasteiger partial charge in [-0.2, -0.15) is 0 Å². The summed E-state index contributed by atoms with van der Waals surface area (Å²) in [7, 11) is 1.81. The number of nitrogens with two attached hydrogens (primary N) is 1. The first kappa shape index (κ1) is 16.7. The molecule has 8 nitrogen and oxygen atoms in total. The van der Waals surface area contributed by atoms with Crippen molar-refractivity contribution in [2.24, 2.45) is 7.05 Å². The van der Waals surface area contributed by atoms with Crippen LogP contribution in [0.1, 0.15) is 17.1 Å². The van der Waals surface area contributed by atoms with E-state index in [0.29, 0.717) is 24.5 Å². The molecule has 2 aromatic heterocycles. The zero-order valence-corrected chi connectivity index (χ0v) is 14.1. The van der Waals surface area contributed by atoms with E-state index in [1.807, 2.05) is 32.3 Å². The summed E-state index contributed by atoms with van der Waals surface area (Å²) in [5.74, 6) is -0.230. The van der Waals surface area contributed by atoms with Gasteiger partial charge in [0.2, 0.25) is 5.43 Å². The molecule has 0 aliphatic carbocycles. The molecule has 0 unspecified atom stereocenters. The lowest BCUT2D eigenvalue weighted by molar-refractivity contribution is 0.445. The van der Waals surface area contributed by atoms with Crippen LogP contribution in [0.15, 0.2) is 41.3 Å². The molecule has 0 saturated carbocycles. The standard InChI is InChI=1S/C17H20N6O2/c1-11-7-16(24)17(25)15(22(11)2)9-19-8-13-10-23(21-20-13)14-5-3-12(18)4-6-14/h3-7,10,19,25H,8-9,18H2,1-2H3. The van der Waals surface area contributed by atoms with Crippen LogP contribution in [0, 0.1) is 6.92 Å². The first-order valence-electron chi connectivity index (χ1n) is 7.82. The maximum Gasteiger partial charge on any atom is 0.223 e. The molecular formula is C17H20N6O2. The summed E-state index contributed by atoms with van der Waals surface area (Å²) in [6.45, 7) is 2.62. The van der Waals surface area contributed by atoms with Gasteiger partial charge in [0, 0.05) is 37.6 Å². The Balaban J connectivity index is 1.68. The van der Waals surface area contributed by atoms with Gasteiger partial charge >= 0.3 is 0 Å². The van der Waals surface area contributed by atoms with E-state index in [2.05, 4.69) is 15.6 Å². The molecule has 0 fully saturated rings. The number of benzene rings is 1. The number of pyridine rings is 1. The number of hydrogen-bond donors (Lipinski definition) is 3. The smallest absolute Gasteiger partial charge is 0.223 e. The lowest BCUT2D eigenvalue weighted by atomic mass is 10.2. The van der Waals surface area contributed by atoms with Crippen molar-refractivity contribution in [3.8, 4) is 11.4 Å². The monoisotopic (exact) mass is 340 g/mol. The van der Waals surface area contributed by atoms with Gasteiger partial charge in [-0.05, 0) is 31.2 Å². The molecular weight excluding hydrogens is 320 g/mol. The van der Waals surface area contributed by atoms with E-state index in [4.69, 9.17) is 5.73 Å². The number of aromatic nitrogens is 4. The first-order valence-corrected chi connectivity index (χ1v) is 7.82. The average Bonchev–Trinajstić information content (AvgIpc) is 3.06. The van der Waals surface area contributed by atoms with Crippen LogP contribution >= 0.6 is 0 Å². The zero-order valence-electron chi connectivity index (χ0n) is 14.1. The summed E-state index contributed by atoms with van der Waals surface area (Å²) in [6, 6.07) is 8.74. The van der Waals surface area contributed by atoms with Crippen molar-refractivity contribution in [1.29, 1.82) is 0 Å². The van der Waals surface area contributed by atoms with Gasteiger partial charge in [0.25, 0.3) is 0 Å². The highest BCUT2D eigenvalue weighted by atomic mass is 16.3. The SMILES string of the molecule is Cc1cc(=O)c(O)c(CNCc2cn(-c3ccc(N)cc3)nn2)n1C. The van der Waals surface area contributed by atoms with Crippen LogP contribution in [0.2, 0.25) is 0 Å². The minimum atomic E-state index is -0.373. The van der Waals surface area contributed by atoms with Gasteiger partial charge in [-0.3, -0.25) is 4.79 Å². The normalized spacial score (nSPS) is 11.0. The Morgan fingerprint density at radius 2 is 1.96 bits per heavy atom. The van der Waals surface area contributed by atoms with Crippen LogP contribution in [0.25, 0.3) is 5.69 Å². The van der Waals surface area contributed by atoms with Gasteiger partial charge in [0.15, 0.2) is 5.75 Å². The molecule has 0 atom stereocenters. The molecule has 1 aromatic carbocycles. The van der Waals surface area contributed by atoms with Crippen molar-refractivity contribution < 1.29 is 5.11 Å². The highest BCUT2D eigenvalue weighted by Crippen LogP contribution is 2.13. The van der Waals surface area contributed by atoms with Crippen molar-refractivity contribution in [3.63, 3.8) is 0 Å². The van der Waals surface area contributed by atoms with Crippen molar-refractivity contribution in [2.75, 3.05) is 5.73 Å². The van der Waals surface area contributed by atoms with Gasteiger partial charge < -0.3 is 20.7 Å². The van der Waals surface area contributed by atoms with E-state index in [9.17, 15) is 9.90 Å². The maximum absolute atomic E-state index is 11.7. The number of anilines is 1. The number of hydrogen-bond acceptors (Lipinski definition) is 6. The van der Waals surface area contributed by atoms with Gasteiger partial charge in [0.1, 0.15) is 0 Å². The minimum absolute atomic E-state index is 0.230. The van der Waals surface area contributed by atoms with E-state index in [0.717, 1.165) is 17.1 Å². The Kier molecular flexibility index (Phi) is 4.53. The fourth-order valence-electron chi connectivity index (χ4n) is 2.51. The zero-order chi connectivity index (χ0) is 18.0. The molecule has 2 heterocycles. The fourth-order valence-corrected chi connectivity index (χ4v) is 2.51. The summed E-state index contributed by atoms with van der Waals surface area (Å²) in [6.07, 6.45) is 1.81. The van der Waals surface area contributed by atoms with Gasteiger partial charge in [-0.1, -0.05) is 5.21 Å². The van der Waals surface area contributed by atoms with Crippen molar-refractivity contribution >= 4 is 5.69 Å². The largest absolute Gasteiger partial charge is 0.503 e. The molecule has 4 N–H and O–H groups in total. The van der Waals surface area contributed by atoms with Crippen LogP contribution in [-0.4, -0.2) is 24.7 Å². The number of aromatic hydroxyl groups is 1. The average molecular weight is 340 g/mol. The molecule has 8 heteroatoms. The van der Waals surface area contributed by atoms with E-state index in [1.54, 1.807) is 21.4 Å². The van der Waals surface area contributed by atoms with Crippen molar-refractivity contribution in [3.05, 3.63) is 63.8 Å². The second-order valence-corrected chi connectivity index (χ2v) is 5.85. The van der Waals surface area contributed by atoms with Crippen molar-refractivity contribution in [1.82, 2.24) is 24.9 Å². The van der Waals surface area contributed by atoms with Crippen LogP contribution in [-0.2, 0) is 20.1 Å². The maximum atomic E-state index is 11.7. The predicted octanol–water partition coefficient (Wildman–Crippen LogP) is 0.852. The molecule has 130 valence electrons.